The highest BCUT2D eigenvalue weighted by Gasteiger charge is 2.46. The summed E-state index contributed by atoms with van der Waals surface area (Å²) in [4.78, 5) is 23.7. The summed E-state index contributed by atoms with van der Waals surface area (Å²) in [6.45, 7) is 3.39. The molecule has 1 fully saturated rings. The maximum absolute atomic E-state index is 11.4. The number of anilines is 1. The first kappa shape index (κ1) is 15.2. The zero-order chi connectivity index (χ0) is 15.9. The number of hydrogen-bond donors (Lipinski definition) is 1. The minimum atomic E-state index is -0.516. The molecule has 2 aromatic heterocycles. The van der Waals surface area contributed by atoms with Crippen molar-refractivity contribution in [2.75, 3.05) is 5.73 Å². The van der Waals surface area contributed by atoms with Crippen LogP contribution in [0.2, 0.25) is 0 Å². The molecule has 0 bridgehead atoms. The normalized spacial score (nSPS) is 28.1. The smallest absolute Gasteiger partial charge is 0.303 e. The Bertz CT molecular complexity index is 706. The van der Waals surface area contributed by atoms with Crippen LogP contribution in [0.3, 0.4) is 0 Å². The third-order valence-electron chi connectivity index (χ3n) is 3.63. The van der Waals surface area contributed by atoms with Crippen molar-refractivity contribution in [2.24, 2.45) is 0 Å². The molecule has 0 spiro atoms. The first-order valence-electron chi connectivity index (χ1n) is 6.92. The van der Waals surface area contributed by atoms with Crippen molar-refractivity contribution in [1.29, 1.82) is 0 Å². The molecule has 1 aliphatic rings. The van der Waals surface area contributed by atoms with E-state index in [2.05, 4.69) is 30.9 Å². The lowest BCUT2D eigenvalue weighted by Gasteiger charge is -2.21. The van der Waals surface area contributed by atoms with Crippen LogP contribution in [-0.2, 0) is 14.3 Å². The fourth-order valence-electron chi connectivity index (χ4n) is 2.62. The number of nitrogen functional groups attached to an aromatic ring is 1. The Morgan fingerprint density at radius 3 is 2.95 bits per heavy atom. The fourth-order valence-corrected chi connectivity index (χ4v) is 3.48. The topological polar surface area (TPSA) is 105 Å². The monoisotopic (exact) mass is 369 g/mol. The van der Waals surface area contributed by atoms with E-state index in [0.29, 0.717) is 17.0 Å². The molecule has 3 heterocycles. The van der Waals surface area contributed by atoms with Gasteiger partial charge in [0, 0.05) is 6.92 Å². The molecular formula is C13H16BrN5O3. The van der Waals surface area contributed by atoms with E-state index in [-0.39, 0.29) is 16.9 Å². The van der Waals surface area contributed by atoms with Crippen LogP contribution in [0.4, 0.5) is 5.82 Å². The zero-order valence-electron chi connectivity index (χ0n) is 12.1. The SMILES string of the molecule is CC[C@H]1O[C@@H](n2cnc3c(N)ncnc32)[C@H](OC(C)=O)[C@H]1Br. The number of ether oxygens (including phenoxy) is 2. The van der Waals surface area contributed by atoms with Crippen molar-refractivity contribution in [3.8, 4) is 0 Å². The summed E-state index contributed by atoms with van der Waals surface area (Å²) < 4.78 is 13.2. The van der Waals surface area contributed by atoms with E-state index in [1.54, 1.807) is 10.9 Å². The maximum Gasteiger partial charge on any atom is 0.303 e. The second kappa shape index (κ2) is 5.81. The van der Waals surface area contributed by atoms with Gasteiger partial charge in [-0.2, -0.15) is 0 Å². The molecule has 0 radical (unpaired) electrons. The molecule has 0 unspecified atom stereocenters. The van der Waals surface area contributed by atoms with Gasteiger partial charge in [0.1, 0.15) is 11.8 Å². The molecular weight excluding hydrogens is 354 g/mol. The molecule has 0 aromatic carbocycles. The number of halogens is 1. The van der Waals surface area contributed by atoms with Gasteiger partial charge in [0.15, 0.2) is 23.8 Å². The fraction of sp³-hybridized carbons (Fsp3) is 0.538. The van der Waals surface area contributed by atoms with E-state index < -0.39 is 12.3 Å². The highest BCUT2D eigenvalue weighted by atomic mass is 79.9. The summed E-state index contributed by atoms with van der Waals surface area (Å²) >= 11 is 3.57. The van der Waals surface area contributed by atoms with Gasteiger partial charge in [-0.25, -0.2) is 15.0 Å². The van der Waals surface area contributed by atoms with E-state index in [9.17, 15) is 4.79 Å². The van der Waals surface area contributed by atoms with Crippen molar-refractivity contribution in [2.45, 2.75) is 43.5 Å². The quantitative estimate of drug-likeness (QED) is 0.643. The summed E-state index contributed by atoms with van der Waals surface area (Å²) in [7, 11) is 0. The number of imidazole rings is 1. The van der Waals surface area contributed by atoms with Gasteiger partial charge in [-0.1, -0.05) is 22.9 Å². The Hall–Kier alpha value is -1.74. The summed E-state index contributed by atoms with van der Waals surface area (Å²) in [6, 6.07) is 0. The predicted molar refractivity (Wildman–Crippen MR) is 82.2 cm³/mol. The van der Waals surface area contributed by atoms with E-state index in [0.717, 1.165) is 6.42 Å². The molecule has 2 N–H and O–H groups in total. The first-order valence-corrected chi connectivity index (χ1v) is 7.84. The van der Waals surface area contributed by atoms with Gasteiger partial charge in [-0.3, -0.25) is 9.36 Å². The van der Waals surface area contributed by atoms with E-state index in [1.165, 1.54) is 13.3 Å². The van der Waals surface area contributed by atoms with Gasteiger partial charge < -0.3 is 15.2 Å². The van der Waals surface area contributed by atoms with Gasteiger partial charge >= 0.3 is 5.97 Å². The number of carbonyl (C=O) groups is 1. The van der Waals surface area contributed by atoms with Crippen LogP contribution in [0.15, 0.2) is 12.7 Å². The van der Waals surface area contributed by atoms with E-state index in [1.807, 2.05) is 6.92 Å². The second-order valence-corrected chi connectivity index (χ2v) is 6.13. The van der Waals surface area contributed by atoms with Crippen LogP contribution < -0.4 is 5.73 Å². The second-order valence-electron chi connectivity index (χ2n) is 5.07. The zero-order valence-corrected chi connectivity index (χ0v) is 13.7. The third-order valence-corrected chi connectivity index (χ3v) is 4.74. The molecule has 22 heavy (non-hydrogen) atoms. The van der Waals surface area contributed by atoms with Gasteiger partial charge in [-0.05, 0) is 6.42 Å². The molecule has 1 aliphatic heterocycles. The number of alkyl halides is 1. The lowest BCUT2D eigenvalue weighted by Crippen LogP contribution is -2.31. The van der Waals surface area contributed by atoms with Crippen molar-refractivity contribution < 1.29 is 14.3 Å². The highest BCUT2D eigenvalue weighted by molar-refractivity contribution is 9.09. The van der Waals surface area contributed by atoms with Crippen molar-refractivity contribution in [3.05, 3.63) is 12.7 Å². The van der Waals surface area contributed by atoms with Gasteiger partial charge in [-0.15, -0.1) is 0 Å². The molecule has 4 atom stereocenters. The third kappa shape index (κ3) is 2.44. The molecule has 2 aromatic rings. The van der Waals surface area contributed by atoms with Crippen molar-refractivity contribution >= 4 is 38.9 Å². The maximum atomic E-state index is 11.4. The predicted octanol–water partition coefficient (Wildman–Crippen LogP) is 1.41. The summed E-state index contributed by atoms with van der Waals surface area (Å²) in [6.07, 6.45) is 2.66. The Labute approximate surface area is 135 Å². The van der Waals surface area contributed by atoms with Crippen molar-refractivity contribution in [1.82, 2.24) is 19.5 Å². The first-order chi connectivity index (χ1) is 10.5. The molecule has 9 heteroatoms. The average Bonchev–Trinajstić information content (AvgIpc) is 3.02. The standard InChI is InChI=1S/C13H16BrN5O3/c1-3-7-8(14)10(21-6(2)20)13(22-7)19-5-18-9-11(15)16-4-17-12(9)19/h4-5,7-8,10,13H,3H2,1-2H3,(H2,15,16,17)/t7-,8+,10-,13-/m1/s1. The van der Waals surface area contributed by atoms with E-state index in [4.69, 9.17) is 15.2 Å². The Balaban J connectivity index is 2.03. The summed E-state index contributed by atoms with van der Waals surface area (Å²) in [5.41, 5.74) is 6.85. The van der Waals surface area contributed by atoms with Crippen LogP contribution in [0, 0.1) is 0 Å². The molecule has 118 valence electrons. The Morgan fingerprint density at radius 1 is 1.50 bits per heavy atom. The largest absolute Gasteiger partial charge is 0.456 e. The summed E-state index contributed by atoms with van der Waals surface area (Å²) in [5.74, 6) is -0.0634. The lowest BCUT2D eigenvalue weighted by molar-refractivity contribution is -0.151. The Morgan fingerprint density at radius 2 is 2.27 bits per heavy atom. The van der Waals surface area contributed by atoms with Crippen LogP contribution in [0.1, 0.15) is 26.5 Å². The highest BCUT2D eigenvalue weighted by Crippen LogP contribution is 2.38. The van der Waals surface area contributed by atoms with Gasteiger partial charge in [0.2, 0.25) is 0 Å². The van der Waals surface area contributed by atoms with Crippen LogP contribution >= 0.6 is 15.9 Å². The average molecular weight is 370 g/mol. The number of aromatic nitrogens is 4. The van der Waals surface area contributed by atoms with Gasteiger partial charge in [0.05, 0.1) is 17.3 Å². The number of nitrogens with two attached hydrogens (primary N) is 1. The molecule has 0 amide bonds. The van der Waals surface area contributed by atoms with Crippen LogP contribution in [-0.4, -0.2) is 42.5 Å². The van der Waals surface area contributed by atoms with Crippen LogP contribution in [0.25, 0.3) is 11.2 Å². The molecule has 0 saturated carbocycles. The van der Waals surface area contributed by atoms with Gasteiger partial charge in [0.25, 0.3) is 0 Å². The van der Waals surface area contributed by atoms with Crippen molar-refractivity contribution in [3.63, 3.8) is 0 Å². The van der Waals surface area contributed by atoms with E-state index >= 15 is 0 Å². The number of carbonyl (C=O) groups excluding carboxylic acids is 1. The lowest BCUT2D eigenvalue weighted by atomic mass is 10.1. The minimum Gasteiger partial charge on any atom is -0.456 e. The summed E-state index contributed by atoms with van der Waals surface area (Å²) in [5, 5.41) is 0. The number of fused-ring (bicyclic) bond motifs is 1. The number of nitrogens with zero attached hydrogens (tertiary/aromatic N) is 4. The number of esters is 1. The van der Waals surface area contributed by atoms with Crippen LogP contribution in [0.5, 0.6) is 0 Å². The minimum absolute atomic E-state index is 0.0778. The molecule has 0 aliphatic carbocycles. The molecule has 3 rings (SSSR count). The Kier molecular flexibility index (Phi) is 4.00. The molecule has 8 nitrogen and oxygen atoms in total. The molecule has 1 saturated heterocycles. The number of rotatable bonds is 3. The number of hydrogen-bond acceptors (Lipinski definition) is 7.